The lowest BCUT2D eigenvalue weighted by Gasteiger charge is -2.05. The maximum Gasteiger partial charge on any atom is 0.286 e. The number of aromatic carboxylic acids is 1. The minimum atomic E-state index is -1.97. The molecule has 0 radical (unpaired) electrons. The largest absolute Gasteiger partial charge is 0.544 e. The second-order valence-corrected chi connectivity index (χ2v) is 3.54. The molecule has 0 aliphatic heterocycles. The van der Waals surface area contributed by atoms with E-state index in [4.69, 9.17) is 0 Å². The van der Waals surface area contributed by atoms with Crippen LogP contribution in [0.2, 0.25) is 0 Å². The molecule has 0 fully saturated rings. The highest BCUT2D eigenvalue weighted by atomic mass is 79.9. The molecule has 1 aromatic rings. The Morgan fingerprint density at radius 1 is 1.12 bits per heavy atom. The van der Waals surface area contributed by atoms with Gasteiger partial charge in [-0.1, -0.05) is 15.9 Å². The zero-order chi connectivity index (χ0) is 12.5. The van der Waals surface area contributed by atoms with Gasteiger partial charge < -0.3 is 9.90 Å². The van der Waals surface area contributed by atoms with E-state index in [1.807, 2.05) is 0 Å². The van der Waals surface area contributed by atoms with E-state index in [0.717, 1.165) is 12.1 Å². The van der Waals surface area contributed by atoms with Gasteiger partial charge in [-0.2, -0.15) is 0 Å². The molecule has 0 amide bonds. The molecule has 0 saturated carbocycles. The first-order chi connectivity index (χ1) is 7.34. The van der Waals surface area contributed by atoms with Crippen molar-refractivity contribution in [3.63, 3.8) is 0 Å². The Morgan fingerprint density at radius 2 is 1.50 bits per heavy atom. The van der Waals surface area contributed by atoms with Crippen LogP contribution in [-0.4, -0.2) is 15.8 Å². The van der Waals surface area contributed by atoms with E-state index in [2.05, 4.69) is 15.9 Å². The van der Waals surface area contributed by atoms with Crippen LogP contribution in [0.4, 0.5) is 11.4 Å². The van der Waals surface area contributed by atoms with Gasteiger partial charge in [-0.05, 0) is 0 Å². The monoisotopic (exact) mass is 289 g/mol. The Hall–Kier alpha value is -2.03. The number of halogens is 1. The molecule has 9 heteroatoms. The maximum atomic E-state index is 10.6. The highest BCUT2D eigenvalue weighted by Crippen LogP contribution is 2.31. The summed E-state index contributed by atoms with van der Waals surface area (Å²) in [6.45, 7) is 0. The summed E-state index contributed by atoms with van der Waals surface area (Å²) in [5.41, 5.74) is -2.82. The molecule has 0 atom stereocenters. The second kappa shape index (κ2) is 4.23. The molecular weight excluding hydrogens is 288 g/mol. The van der Waals surface area contributed by atoms with Crippen molar-refractivity contribution >= 4 is 33.3 Å². The molecule has 84 valence electrons. The predicted molar refractivity (Wildman–Crippen MR) is 51.8 cm³/mol. The first-order valence-corrected chi connectivity index (χ1v) is 4.47. The van der Waals surface area contributed by atoms with Gasteiger partial charge in [-0.3, -0.25) is 20.2 Å². The molecule has 16 heavy (non-hydrogen) atoms. The van der Waals surface area contributed by atoms with E-state index in [-0.39, 0.29) is 4.47 Å². The van der Waals surface area contributed by atoms with Crippen molar-refractivity contribution in [1.82, 2.24) is 0 Å². The fourth-order valence-electron chi connectivity index (χ4n) is 1.08. The van der Waals surface area contributed by atoms with Crippen LogP contribution in [0, 0.1) is 20.2 Å². The molecule has 0 unspecified atom stereocenters. The molecule has 8 nitrogen and oxygen atoms in total. The Bertz CT molecular complexity index is 465. The van der Waals surface area contributed by atoms with Gasteiger partial charge in [0, 0.05) is 16.6 Å². The number of rotatable bonds is 3. The lowest BCUT2D eigenvalue weighted by molar-refractivity contribution is -0.396. The van der Waals surface area contributed by atoms with Gasteiger partial charge >= 0.3 is 0 Å². The molecule has 1 aromatic carbocycles. The maximum absolute atomic E-state index is 10.6. The van der Waals surface area contributed by atoms with Crippen molar-refractivity contribution in [2.24, 2.45) is 0 Å². The van der Waals surface area contributed by atoms with Crippen molar-refractivity contribution in [2.75, 3.05) is 0 Å². The molecule has 0 saturated heterocycles. The highest BCUT2D eigenvalue weighted by Gasteiger charge is 2.26. The van der Waals surface area contributed by atoms with Gasteiger partial charge in [0.25, 0.3) is 11.4 Å². The summed E-state index contributed by atoms with van der Waals surface area (Å²) in [6, 6.07) is 1.72. The van der Waals surface area contributed by atoms with E-state index >= 15 is 0 Å². The summed E-state index contributed by atoms with van der Waals surface area (Å²) in [6.07, 6.45) is 0. The molecule has 0 heterocycles. The average Bonchev–Trinajstić information content (AvgIpc) is 2.15. The van der Waals surface area contributed by atoms with Crippen molar-refractivity contribution < 1.29 is 19.7 Å². The van der Waals surface area contributed by atoms with E-state index < -0.39 is 32.8 Å². The third kappa shape index (κ3) is 2.14. The van der Waals surface area contributed by atoms with Crippen LogP contribution in [0.5, 0.6) is 0 Å². The molecule has 0 aliphatic rings. The normalized spacial score (nSPS) is 9.81. The third-order valence-electron chi connectivity index (χ3n) is 1.66. The summed E-state index contributed by atoms with van der Waals surface area (Å²) < 4.78 is 0.0379. The Labute approximate surface area is 95.9 Å². The summed E-state index contributed by atoms with van der Waals surface area (Å²) in [4.78, 5) is 29.6. The Kier molecular flexibility index (Phi) is 3.18. The lowest BCUT2D eigenvalue weighted by atomic mass is 10.1. The number of carboxylic acids is 1. The first kappa shape index (κ1) is 12.0. The fraction of sp³-hybridized carbons (Fsp3) is 0. The number of nitrogens with zero attached hydrogens (tertiary/aromatic N) is 2. The molecule has 1 rings (SSSR count). The van der Waals surface area contributed by atoms with Crippen LogP contribution < -0.4 is 5.11 Å². The number of hydrogen-bond donors (Lipinski definition) is 0. The SMILES string of the molecule is O=C([O-])c1c([N+](=O)[O-])cc(Br)cc1[N+](=O)[O-]. The topological polar surface area (TPSA) is 126 Å². The minimum Gasteiger partial charge on any atom is -0.544 e. The number of nitro benzene ring substituents is 2. The van der Waals surface area contributed by atoms with Crippen molar-refractivity contribution in [2.45, 2.75) is 0 Å². The Morgan fingerprint density at radius 3 is 1.75 bits per heavy atom. The summed E-state index contributed by atoms with van der Waals surface area (Å²) in [7, 11) is 0. The molecular formula is C7H2BrN2O6-. The number of nitro groups is 2. The number of carbonyl (C=O) groups excluding carboxylic acids is 1. The van der Waals surface area contributed by atoms with Crippen LogP contribution in [0.1, 0.15) is 10.4 Å². The fourth-order valence-corrected chi connectivity index (χ4v) is 1.51. The smallest absolute Gasteiger partial charge is 0.286 e. The van der Waals surface area contributed by atoms with Crippen molar-refractivity contribution in [3.8, 4) is 0 Å². The van der Waals surface area contributed by atoms with Crippen LogP contribution in [-0.2, 0) is 0 Å². The van der Waals surface area contributed by atoms with Gasteiger partial charge in [-0.25, -0.2) is 0 Å². The molecule has 0 spiro atoms. The number of carboxylic acid groups (broad SMARTS) is 1. The van der Waals surface area contributed by atoms with E-state index in [1.165, 1.54) is 0 Å². The summed E-state index contributed by atoms with van der Waals surface area (Å²) in [5, 5.41) is 31.7. The van der Waals surface area contributed by atoms with E-state index in [1.54, 1.807) is 0 Å². The Balaban J connectivity index is 3.67. The lowest BCUT2D eigenvalue weighted by Crippen LogP contribution is -2.24. The van der Waals surface area contributed by atoms with E-state index in [9.17, 15) is 30.1 Å². The second-order valence-electron chi connectivity index (χ2n) is 2.62. The third-order valence-corrected chi connectivity index (χ3v) is 2.12. The first-order valence-electron chi connectivity index (χ1n) is 3.68. The van der Waals surface area contributed by atoms with Crippen molar-refractivity contribution in [3.05, 3.63) is 42.4 Å². The number of hydrogen-bond acceptors (Lipinski definition) is 6. The summed E-state index contributed by atoms with van der Waals surface area (Å²) >= 11 is 2.81. The molecule has 0 N–H and O–H groups in total. The van der Waals surface area contributed by atoms with Gasteiger partial charge in [0.2, 0.25) is 0 Å². The molecule has 0 aromatic heterocycles. The predicted octanol–water partition coefficient (Wildman–Crippen LogP) is 0.629. The van der Waals surface area contributed by atoms with Gasteiger partial charge in [0.05, 0.1) is 15.8 Å². The zero-order valence-electron chi connectivity index (χ0n) is 7.38. The average molecular weight is 290 g/mol. The highest BCUT2D eigenvalue weighted by molar-refractivity contribution is 9.10. The van der Waals surface area contributed by atoms with Gasteiger partial charge in [0.1, 0.15) is 0 Å². The number of benzene rings is 1. The van der Waals surface area contributed by atoms with Gasteiger partial charge in [0.15, 0.2) is 5.56 Å². The van der Waals surface area contributed by atoms with Gasteiger partial charge in [-0.15, -0.1) is 0 Å². The van der Waals surface area contributed by atoms with Crippen LogP contribution in [0.25, 0.3) is 0 Å². The van der Waals surface area contributed by atoms with E-state index in [0.29, 0.717) is 0 Å². The molecule has 0 bridgehead atoms. The molecule has 0 aliphatic carbocycles. The standard InChI is InChI=1S/C7H3BrN2O6/c8-3-1-4(9(13)14)6(7(11)12)5(2-3)10(15)16/h1-2H,(H,11,12)/p-1. The van der Waals surface area contributed by atoms with Crippen LogP contribution in [0.15, 0.2) is 16.6 Å². The van der Waals surface area contributed by atoms with Crippen LogP contribution in [0.3, 0.4) is 0 Å². The van der Waals surface area contributed by atoms with Crippen molar-refractivity contribution in [1.29, 1.82) is 0 Å². The summed E-state index contributed by atoms with van der Waals surface area (Å²) in [5.74, 6) is -1.97. The zero-order valence-corrected chi connectivity index (χ0v) is 8.96. The minimum absolute atomic E-state index is 0.0379. The number of carbonyl (C=O) groups is 1. The van der Waals surface area contributed by atoms with Crippen LogP contribution >= 0.6 is 15.9 Å². The quantitative estimate of drug-likeness (QED) is 0.593.